The smallest absolute Gasteiger partial charge is 0.223 e. The number of aryl methyl sites for hydroxylation is 1. The van der Waals surface area contributed by atoms with Gasteiger partial charge in [-0.25, -0.2) is 0 Å². The number of nitrogens with zero attached hydrogens (tertiary/aromatic N) is 2. The van der Waals surface area contributed by atoms with Crippen molar-refractivity contribution in [3.63, 3.8) is 0 Å². The van der Waals surface area contributed by atoms with Gasteiger partial charge >= 0.3 is 0 Å². The van der Waals surface area contributed by atoms with Crippen LogP contribution >= 0.6 is 0 Å². The van der Waals surface area contributed by atoms with Crippen molar-refractivity contribution >= 4 is 0 Å². The lowest BCUT2D eigenvalue weighted by atomic mass is 9.89. The Labute approximate surface area is 132 Å². The second-order valence-corrected chi connectivity index (χ2v) is 6.55. The highest BCUT2D eigenvalue weighted by Crippen LogP contribution is 2.34. The summed E-state index contributed by atoms with van der Waals surface area (Å²) >= 11 is 0. The summed E-state index contributed by atoms with van der Waals surface area (Å²) in [6.45, 7) is 6.56. The molecular weight excluding hydrogens is 282 g/mol. The summed E-state index contributed by atoms with van der Waals surface area (Å²) in [4.78, 5) is 4.45. The maximum Gasteiger partial charge on any atom is 0.223 e. The minimum atomic E-state index is -0.532. The molecule has 22 heavy (non-hydrogen) atoms. The van der Waals surface area contributed by atoms with Crippen molar-refractivity contribution < 1.29 is 14.4 Å². The molecule has 0 spiro atoms. The lowest BCUT2D eigenvalue weighted by Gasteiger charge is -2.32. The fourth-order valence-corrected chi connectivity index (χ4v) is 2.98. The summed E-state index contributed by atoms with van der Waals surface area (Å²) in [5.41, 5.74) is -0.285. The fraction of sp³-hybridized carbons (Fsp3) is 0.875. The van der Waals surface area contributed by atoms with Gasteiger partial charge in [-0.1, -0.05) is 30.8 Å². The molecule has 1 heterocycles. The molecule has 1 fully saturated rings. The van der Waals surface area contributed by atoms with Gasteiger partial charge in [0.1, 0.15) is 0 Å². The van der Waals surface area contributed by atoms with Crippen molar-refractivity contribution in [1.29, 1.82) is 0 Å². The third kappa shape index (κ3) is 4.76. The molecule has 0 bridgehead atoms. The molecule has 1 aliphatic rings. The number of hydrogen-bond acceptors (Lipinski definition) is 6. The van der Waals surface area contributed by atoms with Crippen molar-refractivity contribution in [2.24, 2.45) is 0 Å². The van der Waals surface area contributed by atoms with E-state index >= 15 is 0 Å². The lowest BCUT2D eigenvalue weighted by molar-refractivity contribution is 0.00231. The normalized spacial score (nSPS) is 20.0. The predicted octanol–water partition coefficient (Wildman–Crippen LogP) is 2.30. The quantitative estimate of drug-likeness (QED) is 0.752. The maximum absolute atomic E-state index is 10.1. The minimum Gasteiger partial charge on any atom is -0.389 e. The zero-order chi connectivity index (χ0) is 16.0. The molecule has 1 aliphatic carbocycles. The molecule has 1 atom stereocenters. The molecule has 2 N–H and O–H groups in total. The number of nitrogens with one attached hydrogen (secondary N) is 1. The summed E-state index contributed by atoms with van der Waals surface area (Å²) in [6, 6.07) is 0. The second-order valence-electron chi connectivity index (χ2n) is 6.55. The molecule has 0 aromatic carbocycles. The van der Waals surface area contributed by atoms with Crippen molar-refractivity contribution in [3.05, 3.63) is 11.7 Å². The number of ether oxygens (including phenoxy) is 1. The van der Waals surface area contributed by atoms with E-state index in [4.69, 9.17) is 9.26 Å². The first-order valence-electron chi connectivity index (χ1n) is 8.37. The third-order valence-electron chi connectivity index (χ3n) is 4.21. The van der Waals surface area contributed by atoms with Crippen LogP contribution in [-0.2, 0) is 10.3 Å². The van der Waals surface area contributed by atoms with Crippen LogP contribution < -0.4 is 5.32 Å². The van der Waals surface area contributed by atoms with Crippen molar-refractivity contribution in [3.8, 4) is 0 Å². The average Bonchev–Trinajstić information content (AvgIpc) is 2.78. The van der Waals surface area contributed by atoms with E-state index in [-0.39, 0.29) is 11.6 Å². The number of rotatable bonds is 7. The summed E-state index contributed by atoms with van der Waals surface area (Å²) < 4.78 is 10.7. The van der Waals surface area contributed by atoms with Gasteiger partial charge < -0.3 is 19.7 Å². The van der Waals surface area contributed by atoms with Gasteiger partial charge in [-0.15, -0.1) is 0 Å². The van der Waals surface area contributed by atoms with Crippen LogP contribution in [0, 0.1) is 6.92 Å². The number of aromatic nitrogens is 2. The molecule has 0 saturated heterocycles. The Morgan fingerprint density at radius 2 is 1.95 bits per heavy atom. The topological polar surface area (TPSA) is 80.4 Å². The molecule has 1 unspecified atom stereocenters. The number of aliphatic hydroxyl groups is 1. The summed E-state index contributed by atoms with van der Waals surface area (Å²) in [5.74, 6) is 1.31. The zero-order valence-corrected chi connectivity index (χ0v) is 14.0. The molecule has 1 saturated carbocycles. The van der Waals surface area contributed by atoms with Crippen molar-refractivity contribution in [1.82, 2.24) is 15.5 Å². The molecule has 126 valence electrons. The Morgan fingerprint density at radius 1 is 1.27 bits per heavy atom. The van der Waals surface area contributed by atoms with E-state index in [1.807, 2.05) is 20.8 Å². The number of aliphatic hydroxyl groups excluding tert-OH is 1. The molecule has 1 aromatic heterocycles. The second kappa shape index (κ2) is 8.04. The maximum atomic E-state index is 10.1. The van der Waals surface area contributed by atoms with E-state index in [9.17, 15) is 5.11 Å². The lowest BCUT2D eigenvalue weighted by Crippen LogP contribution is -2.47. The SMILES string of the molecule is Cc1nc(C2(NCC(O)COC(C)C)CCCCCC2)no1. The van der Waals surface area contributed by atoms with Crippen LogP contribution in [0.3, 0.4) is 0 Å². The van der Waals surface area contributed by atoms with E-state index < -0.39 is 6.10 Å². The minimum absolute atomic E-state index is 0.126. The standard InChI is InChI=1S/C16H29N3O3/c1-12(2)21-11-14(20)10-17-16(8-6-4-5-7-9-16)15-18-13(3)22-19-15/h12,14,17,20H,4-11H2,1-3H3. The van der Waals surface area contributed by atoms with Gasteiger partial charge in [-0.2, -0.15) is 4.98 Å². The first kappa shape index (κ1) is 17.4. The Balaban J connectivity index is 2.01. The van der Waals surface area contributed by atoms with Crippen LogP contribution in [0.2, 0.25) is 0 Å². The van der Waals surface area contributed by atoms with E-state index in [1.165, 1.54) is 12.8 Å². The highest BCUT2D eigenvalue weighted by atomic mass is 16.5. The number of hydrogen-bond donors (Lipinski definition) is 2. The largest absolute Gasteiger partial charge is 0.389 e. The Morgan fingerprint density at radius 3 is 2.50 bits per heavy atom. The first-order chi connectivity index (χ1) is 10.5. The molecule has 0 amide bonds. The van der Waals surface area contributed by atoms with Crippen LogP contribution in [-0.4, -0.2) is 40.6 Å². The fourth-order valence-electron chi connectivity index (χ4n) is 2.98. The molecule has 6 nitrogen and oxygen atoms in total. The van der Waals surface area contributed by atoms with Crippen LogP contribution in [0.5, 0.6) is 0 Å². The summed E-state index contributed by atoms with van der Waals surface area (Å²) in [7, 11) is 0. The van der Waals surface area contributed by atoms with E-state index in [0.717, 1.165) is 31.5 Å². The third-order valence-corrected chi connectivity index (χ3v) is 4.21. The van der Waals surface area contributed by atoms with Crippen LogP contribution in [0.15, 0.2) is 4.52 Å². The van der Waals surface area contributed by atoms with Gasteiger partial charge in [0.2, 0.25) is 5.89 Å². The monoisotopic (exact) mass is 311 g/mol. The highest BCUT2D eigenvalue weighted by Gasteiger charge is 2.37. The predicted molar refractivity (Wildman–Crippen MR) is 83.5 cm³/mol. The highest BCUT2D eigenvalue weighted by molar-refractivity contribution is 5.06. The molecule has 0 radical (unpaired) electrons. The van der Waals surface area contributed by atoms with Gasteiger partial charge in [0.05, 0.1) is 24.4 Å². The van der Waals surface area contributed by atoms with Crippen LogP contribution in [0.1, 0.15) is 64.1 Å². The van der Waals surface area contributed by atoms with E-state index in [1.54, 1.807) is 0 Å². The Kier molecular flexibility index (Phi) is 6.35. The van der Waals surface area contributed by atoms with Crippen LogP contribution in [0.4, 0.5) is 0 Å². The first-order valence-corrected chi connectivity index (χ1v) is 8.37. The van der Waals surface area contributed by atoms with Gasteiger partial charge in [0.15, 0.2) is 5.82 Å². The van der Waals surface area contributed by atoms with Gasteiger partial charge in [0.25, 0.3) is 0 Å². The summed E-state index contributed by atoms with van der Waals surface area (Å²) in [5, 5.41) is 17.8. The van der Waals surface area contributed by atoms with Crippen molar-refractivity contribution in [2.75, 3.05) is 13.2 Å². The van der Waals surface area contributed by atoms with Gasteiger partial charge in [0, 0.05) is 13.5 Å². The Bertz CT molecular complexity index is 440. The zero-order valence-electron chi connectivity index (χ0n) is 14.0. The molecule has 0 aliphatic heterocycles. The molecule has 6 heteroatoms. The summed E-state index contributed by atoms with van der Waals surface area (Å²) in [6.07, 6.45) is 6.29. The van der Waals surface area contributed by atoms with Crippen molar-refractivity contribution in [2.45, 2.75) is 77.0 Å². The van der Waals surface area contributed by atoms with Gasteiger partial charge in [-0.3, -0.25) is 0 Å². The van der Waals surface area contributed by atoms with Gasteiger partial charge in [-0.05, 0) is 26.7 Å². The Hall–Kier alpha value is -0.980. The molecule has 2 rings (SSSR count). The molecular formula is C16H29N3O3. The van der Waals surface area contributed by atoms with E-state index in [2.05, 4.69) is 15.5 Å². The average molecular weight is 311 g/mol. The molecule has 1 aromatic rings. The van der Waals surface area contributed by atoms with E-state index in [0.29, 0.717) is 19.0 Å². The van der Waals surface area contributed by atoms with Crippen LogP contribution in [0.25, 0.3) is 0 Å².